The number of nitrogens with one attached hydrogen (secondary N) is 1. The van der Waals surface area contributed by atoms with Crippen LogP contribution in [0.25, 0.3) is 0 Å². The van der Waals surface area contributed by atoms with Gasteiger partial charge in [-0.3, -0.25) is 0 Å². The van der Waals surface area contributed by atoms with E-state index in [1.165, 1.54) is 11.8 Å². The Morgan fingerprint density at radius 2 is 2.27 bits per heavy atom. The molecular formula is C10H15NO3S. The molecule has 0 saturated heterocycles. The van der Waals surface area contributed by atoms with Crippen LogP contribution in [0.1, 0.15) is 16.7 Å². The van der Waals surface area contributed by atoms with E-state index in [4.69, 9.17) is 5.11 Å². The number of carbonyl (C=O) groups is 1. The zero-order valence-corrected chi connectivity index (χ0v) is 9.60. The van der Waals surface area contributed by atoms with Gasteiger partial charge in [0.15, 0.2) is 5.60 Å². The highest BCUT2D eigenvalue weighted by atomic mass is 32.1. The van der Waals surface area contributed by atoms with E-state index >= 15 is 0 Å². The lowest BCUT2D eigenvalue weighted by molar-refractivity contribution is -0.156. The normalized spacial score (nSPS) is 14.9. The van der Waals surface area contributed by atoms with Gasteiger partial charge in [0.2, 0.25) is 0 Å². The molecule has 0 aliphatic heterocycles. The van der Waals surface area contributed by atoms with E-state index in [0.29, 0.717) is 6.54 Å². The smallest absolute Gasteiger partial charge is 0.336 e. The first kappa shape index (κ1) is 12.2. The number of aryl methyl sites for hydroxylation is 1. The Kier molecular flexibility index (Phi) is 3.84. The fourth-order valence-corrected chi connectivity index (χ4v) is 1.94. The lowest BCUT2D eigenvalue weighted by atomic mass is 10.1. The second-order valence-corrected chi connectivity index (χ2v) is 5.07. The average molecular weight is 229 g/mol. The Morgan fingerprint density at radius 1 is 1.60 bits per heavy atom. The predicted octanol–water partition coefficient (Wildman–Crippen LogP) is 0.982. The van der Waals surface area contributed by atoms with E-state index in [0.717, 1.165) is 4.88 Å². The first-order valence-electron chi connectivity index (χ1n) is 4.63. The van der Waals surface area contributed by atoms with Gasteiger partial charge in [-0.15, -0.1) is 11.3 Å². The molecule has 84 valence electrons. The maximum atomic E-state index is 10.6. The van der Waals surface area contributed by atoms with Gasteiger partial charge < -0.3 is 15.5 Å². The van der Waals surface area contributed by atoms with Gasteiger partial charge in [0.25, 0.3) is 0 Å². The van der Waals surface area contributed by atoms with Crippen LogP contribution in [-0.2, 0) is 11.3 Å². The molecule has 4 nitrogen and oxygen atoms in total. The molecule has 1 unspecified atom stereocenters. The lowest BCUT2D eigenvalue weighted by Crippen LogP contribution is -2.44. The van der Waals surface area contributed by atoms with Gasteiger partial charge >= 0.3 is 5.97 Å². The maximum Gasteiger partial charge on any atom is 0.336 e. The third kappa shape index (κ3) is 3.62. The first-order chi connectivity index (χ1) is 6.92. The number of hydrogen-bond donors (Lipinski definition) is 3. The molecule has 0 amide bonds. The first-order valence-corrected chi connectivity index (χ1v) is 5.45. The van der Waals surface area contributed by atoms with Crippen LogP contribution in [-0.4, -0.2) is 28.3 Å². The van der Waals surface area contributed by atoms with E-state index in [1.807, 2.05) is 19.1 Å². The second-order valence-electron chi connectivity index (χ2n) is 3.69. The second kappa shape index (κ2) is 4.74. The Labute approximate surface area is 92.6 Å². The summed E-state index contributed by atoms with van der Waals surface area (Å²) in [5.74, 6) is -1.21. The highest BCUT2D eigenvalue weighted by molar-refractivity contribution is 7.11. The largest absolute Gasteiger partial charge is 0.479 e. The molecule has 1 heterocycles. The topological polar surface area (TPSA) is 69.6 Å². The summed E-state index contributed by atoms with van der Waals surface area (Å²) in [7, 11) is 0. The lowest BCUT2D eigenvalue weighted by Gasteiger charge is -2.17. The molecule has 1 atom stereocenters. The van der Waals surface area contributed by atoms with Crippen molar-refractivity contribution in [2.75, 3.05) is 6.54 Å². The summed E-state index contributed by atoms with van der Waals surface area (Å²) in [6.45, 7) is 3.92. The van der Waals surface area contributed by atoms with Gasteiger partial charge in [0.05, 0.1) is 0 Å². The van der Waals surface area contributed by atoms with Crippen molar-refractivity contribution in [3.63, 3.8) is 0 Å². The monoisotopic (exact) mass is 229 g/mol. The summed E-state index contributed by atoms with van der Waals surface area (Å²) in [6.07, 6.45) is 0. The molecule has 1 aromatic rings. The fourth-order valence-electron chi connectivity index (χ4n) is 1.08. The van der Waals surface area contributed by atoms with Crippen LogP contribution in [0, 0.1) is 6.92 Å². The molecule has 0 saturated carbocycles. The molecule has 0 spiro atoms. The van der Waals surface area contributed by atoms with E-state index in [2.05, 4.69) is 5.32 Å². The number of thiophene rings is 1. The average Bonchev–Trinajstić information content (AvgIpc) is 2.51. The van der Waals surface area contributed by atoms with Gasteiger partial charge in [-0.1, -0.05) is 0 Å². The van der Waals surface area contributed by atoms with Crippen LogP contribution in [0.3, 0.4) is 0 Å². The fraction of sp³-hybridized carbons (Fsp3) is 0.500. The minimum Gasteiger partial charge on any atom is -0.479 e. The SMILES string of the molecule is Cc1ccc(CNCC(C)(O)C(=O)O)s1. The molecule has 15 heavy (non-hydrogen) atoms. The molecule has 0 fully saturated rings. The molecule has 3 N–H and O–H groups in total. The molecule has 1 rings (SSSR count). The maximum absolute atomic E-state index is 10.6. The minimum absolute atomic E-state index is 0.0410. The van der Waals surface area contributed by atoms with Crippen molar-refractivity contribution in [2.24, 2.45) is 0 Å². The standard InChI is InChI=1S/C10H15NO3S/c1-7-3-4-8(15-7)5-11-6-10(2,14)9(12)13/h3-4,11,14H,5-6H2,1-2H3,(H,12,13). The van der Waals surface area contributed by atoms with Crippen molar-refractivity contribution in [3.05, 3.63) is 21.9 Å². The van der Waals surface area contributed by atoms with Crippen molar-refractivity contribution in [1.29, 1.82) is 0 Å². The number of aliphatic hydroxyl groups is 1. The summed E-state index contributed by atoms with van der Waals surface area (Å²) in [6, 6.07) is 4.00. The third-order valence-electron chi connectivity index (χ3n) is 2.03. The van der Waals surface area contributed by atoms with Crippen molar-refractivity contribution in [3.8, 4) is 0 Å². The van der Waals surface area contributed by atoms with Crippen molar-refractivity contribution >= 4 is 17.3 Å². The van der Waals surface area contributed by atoms with Crippen LogP contribution in [0.2, 0.25) is 0 Å². The van der Waals surface area contributed by atoms with Gasteiger partial charge in [0, 0.05) is 22.8 Å². The number of carboxylic acid groups (broad SMARTS) is 1. The van der Waals surface area contributed by atoms with Crippen LogP contribution in [0.15, 0.2) is 12.1 Å². The summed E-state index contributed by atoms with van der Waals surface area (Å²) in [5.41, 5.74) is -1.70. The van der Waals surface area contributed by atoms with E-state index in [-0.39, 0.29) is 6.54 Å². The zero-order chi connectivity index (χ0) is 11.5. The van der Waals surface area contributed by atoms with Crippen molar-refractivity contribution < 1.29 is 15.0 Å². The van der Waals surface area contributed by atoms with Gasteiger partial charge in [-0.05, 0) is 26.0 Å². The number of aliphatic carboxylic acids is 1. The third-order valence-corrected chi connectivity index (χ3v) is 3.03. The summed E-state index contributed by atoms with van der Waals surface area (Å²) in [4.78, 5) is 12.9. The van der Waals surface area contributed by atoms with Crippen LogP contribution >= 0.6 is 11.3 Å². The summed E-state index contributed by atoms with van der Waals surface area (Å²) >= 11 is 1.66. The number of rotatable bonds is 5. The highest BCUT2D eigenvalue weighted by Gasteiger charge is 2.28. The van der Waals surface area contributed by atoms with Crippen LogP contribution in [0.4, 0.5) is 0 Å². The van der Waals surface area contributed by atoms with E-state index in [1.54, 1.807) is 11.3 Å². The van der Waals surface area contributed by atoms with E-state index in [9.17, 15) is 9.90 Å². The minimum atomic E-state index is -1.70. The van der Waals surface area contributed by atoms with E-state index < -0.39 is 11.6 Å². The van der Waals surface area contributed by atoms with Crippen molar-refractivity contribution in [2.45, 2.75) is 26.0 Å². The molecule has 0 aliphatic carbocycles. The highest BCUT2D eigenvalue weighted by Crippen LogP contribution is 2.14. The van der Waals surface area contributed by atoms with Crippen LogP contribution in [0.5, 0.6) is 0 Å². The molecule has 0 bridgehead atoms. The van der Waals surface area contributed by atoms with Gasteiger partial charge in [-0.2, -0.15) is 0 Å². The molecule has 1 aromatic heterocycles. The number of hydrogen-bond acceptors (Lipinski definition) is 4. The number of carboxylic acids is 1. The molecule has 0 aromatic carbocycles. The molecule has 5 heteroatoms. The molecule has 0 aliphatic rings. The Balaban J connectivity index is 2.36. The zero-order valence-electron chi connectivity index (χ0n) is 8.78. The molecule has 0 radical (unpaired) electrons. The Hall–Kier alpha value is -0.910. The van der Waals surface area contributed by atoms with Gasteiger partial charge in [0.1, 0.15) is 0 Å². The van der Waals surface area contributed by atoms with Crippen LogP contribution < -0.4 is 5.32 Å². The quantitative estimate of drug-likeness (QED) is 0.704. The summed E-state index contributed by atoms with van der Waals surface area (Å²) in [5, 5.41) is 21.0. The molecular weight excluding hydrogens is 214 g/mol. The predicted molar refractivity (Wildman–Crippen MR) is 59.0 cm³/mol. The van der Waals surface area contributed by atoms with Gasteiger partial charge in [-0.25, -0.2) is 4.79 Å². The summed E-state index contributed by atoms with van der Waals surface area (Å²) < 4.78 is 0. The Bertz CT molecular complexity index is 346. The van der Waals surface area contributed by atoms with Crippen molar-refractivity contribution in [1.82, 2.24) is 5.32 Å². The Morgan fingerprint density at radius 3 is 2.73 bits per heavy atom.